The van der Waals surface area contributed by atoms with Crippen molar-refractivity contribution in [2.75, 3.05) is 10.7 Å². The minimum absolute atomic E-state index is 0.0914. The number of anilines is 2. The number of nitrogens with zero attached hydrogens (tertiary/aromatic N) is 1. The van der Waals surface area contributed by atoms with E-state index in [2.05, 4.69) is 21.2 Å². The van der Waals surface area contributed by atoms with Gasteiger partial charge in [0.1, 0.15) is 5.25 Å². The molecule has 1 saturated heterocycles. The topological polar surface area (TPSA) is 82.6 Å². The third-order valence-corrected chi connectivity index (χ3v) is 4.95. The first-order valence-corrected chi connectivity index (χ1v) is 9.12. The van der Waals surface area contributed by atoms with Crippen LogP contribution in [0.2, 0.25) is 0 Å². The Morgan fingerprint density at radius 2 is 1.96 bits per heavy atom. The quantitative estimate of drug-likeness (QED) is 0.708. The number of rotatable bonds is 5. The van der Waals surface area contributed by atoms with E-state index in [9.17, 15) is 9.59 Å². The standard InChI is InChI=1S/C19H20N4O2S/c1-12-8-9-15(13(2)10-12)20-17(24)11-16-18(25)21-19(26-16)23-22-14-6-4-3-5-7-14/h3-10,16,22H,11H2,1-2H3,(H,20,24)(H,21,23,25)/t16-/m0/s1. The van der Waals surface area contributed by atoms with Crippen molar-refractivity contribution in [2.45, 2.75) is 25.5 Å². The van der Waals surface area contributed by atoms with E-state index in [1.54, 1.807) is 0 Å². The molecule has 6 nitrogen and oxygen atoms in total. The molecule has 1 aliphatic rings. The maximum Gasteiger partial charge on any atom is 0.240 e. The number of thioether (sulfide) groups is 1. The Bertz CT molecular complexity index is 852. The van der Waals surface area contributed by atoms with Gasteiger partial charge < -0.3 is 10.6 Å². The van der Waals surface area contributed by atoms with Gasteiger partial charge in [0, 0.05) is 12.1 Å². The molecule has 3 rings (SSSR count). The number of hydrogen-bond donors (Lipinski definition) is 3. The molecule has 1 atom stereocenters. The van der Waals surface area contributed by atoms with Crippen molar-refractivity contribution in [1.82, 2.24) is 5.32 Å². The van der Waals surface area contributed by atoms with Crippen molar-refractivity contribution >= 4 is 40.1 Å². The van der Waals surface area contributed by atoms with Crippen LogP contribution >= 0.6 is 11.8 Å². The van der Waals surface area contributed by atoms with E-state index in [0.717, 1.165) is 22.5 Å². The highest BCUT2D eigenvalue weighted by molar-refractivity contribution is 8.15. The van der Waals surface area contributed by atoms with Crippen LogP contribution in [0.4, 0.5) is 11.4 Å². The molecule has 0 aromatic heterocycles. The average Bonchev–Trinajstić information content (AvgIpc) is 2.96. The van der Waals surface area contributed by atoms with Gasteiger partial charge in [-0.25, -0.2) is 0 Å². The molecule has 7 heteroatoms. The van der Waals surface area contributed by atoms with Crippen LogP contribution in [0.3, 0.4) is 0 Å². The molecule has 3 N–H and O–H groups in total. The molecule has 1 fully saturated rings. The molecule has 0 bridgehead atoms. The Hall–Kier alpha value is -2.80. The predicted octanol–water partition coefficient (Wildman–Crippen LogP) is 3.25. The summed E-state index contributed by atoms with van der Waals surface area (Å²) in [6.45, 7) is 3.95. The summed E-state index contributed by atoms with van der Waals surface area (Å²) in [5.41, 5.74) is 6.61. The van der Waals surface area contributed by atoms with E-state index in [-0.39, 0.29) is 18.2 Å². The van der Waals surface area contributed by atoms with Crippen molar-refractivity contribution < 1.29 is 9.59 Å². The van der Waals surface area contributed by atoms with Gasteiger partial charge >= 0.3 is 0 Å². The van der Waals surface area contributed by atoms with Crippen molar-refractivity contribution in [1.29, 1.82) is 0 Å². The van der Waals surface area contributed by atoms with Gasteiger partial charge in [0.05, 0.1) is 5.69 Å². The van der Waals surface area contributed by atoms with Crippen LogP contribution in [0.5, 0.6) is 0 Å². The Balaban J connectivity index is 1.56. The van der Waals surface area contributed by atoms with Gasteiger partial charge in [-0.1, -0.05) is 47.7 Å². The third kappa shape index (κ3) is 4.64. The lowest BCUT2D eigenvalue weighted by atomic mass is 10.1. The van der Waals surface area contributed by atoms with Gasteiger partial charge in [-0.05, 0) is 37.6 Å². The lowest BCUT2D eigenvalue weighted by Crippen LogP contribution is -2.28. The number of carbonyl (C=O) groups is 2. The number of hydrogen-bond acceptors (Lipinski definition) is 5. The summed E-state index contributed by atoms with van der Waals surface area (Å²) in [4.78, 5) is 24.4. The van der Waals surface area contributed by atoms with Crippen LogP contribution < -0.4 is 16.1 Å². The molecule has 0 saturated carbocycles. The highest BCUT2D eigenvalue weighted by atomic mass is 32.2. The molecular weight excluding hydrogens is 348 g/mol. The largest absolute Gasteiger partial charge is 0.326 e. The molecular formula is C19H20N4O2S. The van der Waals surface area contributed by atoms with Gasteiger partial charge in [0.25, 0.3) is 0 Å². The van der Waals surface area contributed by atoms with Gasteiger partial charge in [-0.2, -0.15) is 0 Å². The first-order chi connectivity index (χ1) is 12.5. The second kappa shape index (κ2) is 8.05. The molecule has 0 aliphatic carbocycles. The van der Waals surface area contributed by atoms with Crippen LogP contribution in [-0.2, 0) is 9.59 Å². The fourth-order valence-electron chi connectivity index (χ4n) is 2.54. The number of nitrogens with one attached hydrogen (secondary N) is 3. The third-order valence-electron chi connectivity index (χ3n) is 3.86. The van der Waals surface area contributed by atoms with Gasteiger partial charge in [0.15, 0.2) is 5.17 Å². The minimum Gasteiger partial charge on any atom is -0.326 e. The predicted molar refractivity (Wildman–Crippen MR) is 106 cm³/mol. The summed E-state index contributed by atoms with van der Waals surface area (Å²) < 4.78 is 0. The highest BCUT2D eigenvalue weighted by Gasteiger charge is 2.32. The molecule has 0 unspecified atom stereocenters. The number of carbonyl (C=O) groups excluding carboxylic acids is 2. The lowest BCUT2D eigenvalue weighted by Gasteiger charge is -2.10. The summed E-state index contributed by atoms with van der Waals surface area (Å²) in [5, 5.41) is 9.71. The highest BCUT2D eigenvalue weighted by Crippen LogP contribution is 2.24. The van der Waals surface area contributed by atoms with Crippen LogP contribution in [0.15, 0.2) is 53.6 Å². The van der Waals surface area contributed by atoms with Crippen LogP contribution in [0, 0.1) is 13.8 Å². The molecule has 2 aromatic carbocycles. The Labute approximate surface area is 156 Å². The Morgan fingerprint density at radius 1 is 1.19 bits per heavy atom. The van der Waals surface area contributed by atoms with E-state index >= 15 is 0 Å². The SMILES string of the molecule is Cc1ccc(NC(=O)C[C@@H]2S/C(=N/Nc3ccccc3)NC2=O)c(C)c1. The second-order valence-electron chi connectivity index (χ2n) is 6.06. The summed E-state index contributed by atoms with van der Waals surface area (Å²) in [5.74, 6) is -0.402. The van der Waals surface area contributed by atoms with Crippen molar-refractivity contribution in [3.8, 4) is 0 Å². The molecule has 1 aliphatic heterocycles. The molecule has 1 heterocycles. The summed E-state index contributed by atoms with van der Waals surface area (Å²) in [6.07, 6.45) is 0.0914. The Morgan fingerprint density at radius 3 is 2.69 bits per heavy atom. The normalized spacial score (nSPS) is 17.8. The maximum atomic E-state index is 12.3. The van der Waals surface area contributed by atoms with E-state index in [1.165, 1.54) is 11.8 Å². The number of para-hydroxylation sites is 1. The second-order valence-corrected chi connectivity index (χ2v) is 7.25. The minimum atomic E-state index is -0.489. The number of amides is 2. The first-order valence-electron chi connectivity index (χ1n) is 8.24. The monoisotopic (exact) mass is 368 g/mol. The van der Waals surface area contributed by atoms with Crippen LogP contribution in [0.25, 0.3) is 0 Å². The lowest BCUT2D eigenvalue weighted by molar-refractivity contribution is -0.122. The zero-order valence-corrected chi connectivity index (χ0v) is 15.4. The Kier molecular flexibility index (Phi) is 5.58. The number of benzene rings is 2. The molecule has 2 amide bonds. The molecule has 2 aromatic rings. The first kappa shape index (κ1) is 18.0. The van der Waals surface area contributed by atoms with E-state index in [1.807, 2.05) is 62.4 Å². The number of hydrazone groups is 1. The van der Waals surface area contributed by atoms with Gasteiger partial charge in [0.2, 0.25) is 11.8 Å². The van der Waals surface area contributed by atoms with E-state index in [4.69, 9.17) is 0 Å². The molecule has 134 valence electrons. The van der Waals surface area contributed by atoms with Gasteiger partial charge in [-0.15, -0.1) is 5.10 Å². The van der Waals surface area contributed by atoms with Crippen molar-refractivity contribution in [2.24, 2.45) is 5.10 Å². The van der Waals surface area contributed by atoms with Crippen LogP contribution in [-0.4, -0.2) is 22.2 Å². The summed E-state index contributed by atoms with van der Waals surface area (Å²) in [6, 6.07) is 15.3. The molecule has 0 radical (unpaired) electrons. The molecule has 0 spiro atoms. The maximum absolute atomic E-state index is 12.3. The van der Waals surface area contributed by atoms with E-state index in [0.29, 0.717) is 5.17 Å². The molecule has 26 heavy (non-hydrogen) atoms. The summed E-state index contributed by atoms with van der Waals surface area (Å²) >= 11 is 1.25. The zero-order valence-electron chi connectivity index (χ0n) is 14.6. The van der Waals surface area contributed by atoms with E-state index < -0.39 is 5.25 Å². The van der Waals surface area contributed by atoms with Gasteiger partial charge in [-0.3, -0.25) is 15.0 Å². The average molecular weight is 368 g/mol. The number of aryl methyl sites for hydroxylation is 2. The fourth-order valence-corrected chi connectivity index (χ4v) is 3.47. The summed E-state index contributed by atoms with van der Waals surface area (Å²) in [7, 11) is 0. The smallest absolute Gasteiger partial charge is 0.240 e. The van der Waals surface area contributed by atoms with Crippen molar-refractivity contribution in [3.63, 3.8) is 0 Å². The number of amidine groups is 1. The van der Waals surface area contributed by atoms with Crippen molar-refractivity contribution in [3.05, 3.63) is 59.7 Å². The van der Waals surface area contributed by atoms with Crippen LogP contribution in [0.1, 0.15) is 17.5 Å². The fraction of sp³-hybridized carbons (Fsp3) is 0.211. The zero-order chi connectivity index (χ0) is 18.5.